The lowest BCUT2D eigenvalue weighted by Gasteiger charge is -2.11. The average molecular weight is 490 g/mol. The summed E-state index contributed by atoms with van der Waals surface area (Å²) in [5, 5.41) is 3.97. The maximum Gasteiger partial charge on any atom is 0.416 e. The van der Waals surface area contributed by atoms with Gasteiger partial charge in [-0.2, -0.15) is 13.2 Å². The van der Waals surface area contributed by atoms with Crippen LogP contribution in [0.3, 0.4) is 0 Å². The first-order valence-corrected chi connectivity index (χ1v) is 11.3. The Morgan fingerprint density at radius 1 is 1.15 bits per heavy atom. The Morgan fingerprint density at radius 2 is 1.79 bits per heavy atom. The summed E-state index contributed by atoms with van der Waals surface area (Å²) < 4.78 is 43.7. The van der Waals surface area contributed by atoms with Gasteiger partial charge < -0.3 is 15.0 Å². The van der Waals surface area contributed by atoms with Crippen molar-refractivity contribution in [3.05, 3.63) is 88.5 Å². The zero-order valence-corrected chi connectivity index (χ0v) is 20.0. The van der Waals surface area contributed by atoms with E-state index in [1.807, 2.05) is 39.0 Å². The van der Waals surface area contributed by atoms with Crippen LogP contribution in [0.5, 0.6) is 5.75 Å². The van der Waals surface area contributed by atoms with Crippen LogP contribution in [0, 0.1) is 5.92 Å². The lowest BCUT2D eigenvalue weighted by atomic mass is 10.1. The molecule has 180 valence electrons. The third kappa shape index (κ3) is 6.67. The van der Waals surface area contributed by atoms with Gasteiger partial charge in [-0.25, -0.2) is 4.98 Å². The number of H-pyrrole nitrogens is 1. The molecule has 0 radical (unpaired) electrons. The maximum atomic E-state index is 12.7. The van der Waals surface area contributed by atoms with Gasteiger partial charge in [-0.15, -0.1) is 0 Å². The smallest absolute Gasteiger partial charge is 0.416 e. The molecule has 0 spiro atoms. The van der Waals surface area contributed by atoms with Crippen LogP contribution in [-0.2, 0) is 19.2 Å². The Balaban J connectivity index is 1.62. The third-order valence-corrected chi connectivity index (χ3v) is 5.64. The summed E-state index contributed by atoms with van der Waals surface area (Å²) in [6, 6.07) is 12.2. The van der Waals surface area contributed by atoms with Gasteiger partial charge in [0.1, 0.15) is 23.9 Å². The zero-order valence-electron chi connectivity index (χ0n) is 19.3. The first kappa shape index (κ1) is 25.4. The number of imidazole rings is 1. The summed E-state index contributed by atoms with van der Waals surface area (Å²) in [6.07, 6.45) is -1.77. The lowest BCUT2D eigenvalue weighted by Crippen LogP contribution is -2.05. The highest BCUT2D eigenvalue weighted by atomic mass is 35.5. The minimum atomic E-state index is -4.35. The van der Waals surface area contributed by atoms with Gasteiger partial charge in [0, 0.05) is 16.4 Å². The largest absolute Gasteiger partial charge is 0.489 e. The number of halogens is 4. The monoisotopic (exact) mass is 489 g/mol. The van der Waals surface area contributed by atoms with Crippen LogP contribution in [0.2, 0.25) is 0 Å². The number of nitrogens with one attached hydrogen (secondary N) is 2. The molecule has 1 heterocycles. The molecule has 0 fully saturated rings. The second kappa shape index (κ2) is 10.8. The fraction of sp³-hybridized carbons (Fsp3) is 0.269. The summed E-state index contributed by atoms with van der Waals surface area (Å²) in [6.45, 7) is 10.3. The van der Waals surface area contributed by atoms with E-state index in [2.05, 4.69) is 21.9 Å². The fourth-order valence-corrected chi connectivity index (χ4v) is 3.23. The summed E-state index contributed by atoms with van der Waals surface area (Å²) in [5.74, 6) is 1.49. The normalized spacial score (nSPS) is 12.2. The first-order valence-electron chi connectivity index (χ1n) is 10.9. The van der Waals surface area contributed by atoms with Crippen LogP contribution < -0.4 is 10.1 Å². The van der Waals surface area contributed by atoms with E-state index < -0.39 is 11.7 Å². The Labute approximate surface area is 202 Å². The molecule has 8 heteroatoms. The molecular weight excluding hydrogens is 463 g/mol. The predicted molar refractivity (Wildman–Crippen MR) is 132 cm³/mol. The molecule has 0 aliphatic heterocycles. The van der Waals surface area contributed by atoms with Crippen LogP contribution in [-0.4, -0.2) is 9.97 Å². The van der Waals surface area contributed by atoms with E-state index in [4.69, 9.17) is 16.3 Å². The van der Waals surface area contributed by atoms with Crippen LogP contribution >= 0.6 is 11.6 Å². The van der Waals surface area contributed by atoms with Crippen molar-refractivity contribution >= 4 is 29.1 Å². The third-order valence-electron chi connectivity index (χ3n) is 5.10. The number of aromatic amines is 1. The molecule has 3 rings (SSSR count). The number of benzene rings is 2. The molecule has 0 bridgehead atoms. The van der Waals surface area contributed by atoms with Crippen LogP contribution in [0.15, 0.2) is 60.1 Å². The van der Waals surface area contributed by atoms with E-state index >= 15 is 0 Å². The quantitative estimate of drug-likeness (QED) is 0.321. The van der Waals surface area contributed by atoms with Crippen molar-refractivity contribution in [2.45, 2.75) is 40.0 Å². The molecule has 0 saturated heterocycles. The lowest BCUT2D eigenvalue weighted by molar-refractivity contribution is -0.137. The second-order valence-corrected chi connectivity index (χ2v) is 8.53. The molecule has 0 atom stereocenters. The Hall–Kier alpha value is -3.19. The molecule has 3 aromatic rings. The molecule has 0 unspecified atom stereocenters. The van der Waals surface area contributed by atoms with Crippen LogP contribution in [0.4, 0.5) is 18.9 Å². The number of anilines is 1. The standard InChI is InChI=1S/C26H27ClF3N3O/c1-5-23-25(33-24(32-23)14-22(27)16(2)3)17(4)31-20-10-12-21(13-11-20)34-15-18-6-8-19(9-7-18)26(28,29)30/h6-14,16,31H,4-5,15H2,1-3H3,(H,32,33)/b22-14+. The van der Waals surface area contributed by atoms with Gasteiger partial charge in [-0.3, -0.25) is 0 Å². The van der Waals surface area contributed by atoms with Gasteiger partial charge in [0.15, 0.2) is 0 Å². The summed E-state index contributed by atoms with van der Waals surface area (Å²) in [5.41, 5.74) is 3.11. The fourth-order valence-electron chi connectivity index (χ4n) is 3.13. The first-order chi connectivity index (χ1) is 16.1. The molecule has 1 aromatic heterocycles. The second-order valence-electron chi connectivity index (χ2n) is 8.10. The molecule has 34 heavy (non-hydrogen) atoms. The topological polar surface area (TPSA) is 49.9 Å². The van der Waals surface area contributed by atoms with E-state index in [9.17, 15) is 13.2 Å². The van der Waals surface area contributed by atoms with Crippen LogP contribution in [0.1, 0.15) is 49.1 Å². The molecule has 0 saturated carbocycles. The number of alkyl halides is 3. The Kier molecular flexibility index (Phi) is 8.10. The molecule has 2 N–H and O–H groups in total. The van der Waals surface area contributed by atoms with E-state index in [1.165, 1.54) is 12.1 Å². The van der Waals surface area contributed by atoms with Crippen molar-refractivity contribution in [1.82, 2.24) is 9.97 Å². The number of hydrogen-bond donors (Lipinski definition) is 2. The minimum Gasteiger partial charge on any atom is -0.489 e. The zero-order chi connectivity index (χ0) is 24.9. The number of nitrogens with zero attached hydrogens (tertiary/aromatic N) is 1. The summed E-state index contributed by atoms with van der Waals surface area (Å²) >= 11 is 6.27. The predicted octanol–water partition coefficient (Wildman–Crippen LogP) is 7.89. The van der Waals surface area contributed by atoms with Crippen molar-refractivity contribution < 1.29 is 17.9 Å². The van der Waals surface area contributed by atoms with Crippen molar-refractivity contribution in [1.29, 1.82) is 0 Å². The molecule has 0 aliphatic rings. The minimum absolute atomic E-state index is 0.167. The molecule has 0 aliphatic carbocycles. The summed E-state index contributed by atoms with van der Waals surface area (Å²) in [7, 11) is 0. The van der Waals surface area contributed by atoms with Crippen molar-refractivity contribution in [3.8, 4) is 5.75 Å². The van der Waals surface area contributed by atoms with E-state index in [1.54, 1.807) is 12.1 Å². The number of hydrogen-bond acceptors (Lipinski definition) is 3. The van der Waals surface area contributed by atoms with Gasteiger partial charge in [0.2, 0.25) is 0 Å². The van der Waals surface area contributed by atoms with Crippen LogP contribution in [0.25, 0.3) is 11.8 Å². The van der Waals surface area contributed by atoms with E-state index in [-0.39, 0.29) is 12.5 Å². The van der Waals surface area contributed by atoms with Gasteiger partial charge in [-0.05, 0) is 60.4 Å². The average Bonchev–Trinajstić information content (AvgIpc) is 3.21. The number of rotatable bonds is 9. The van der Waals surface area contributed by atoms with Crippen molar-refractivity contribution in [3.63, 3.8) is 0 Å². The van der Waals surface area contributed by atoms with Crippen molar-refractivity contribution in [2.75, 3.05) is 5.32 Å². The molecule has 2 aromatic carbocycles. The Morgan fingerprint density at radius 3 is 2.35 bits per heavy atom. The number of aromatic nitrogens is 2. The van der Waals surface area contributed by atoms with Gasteiger partial charge in [0.05, 0.1) is 11.3 Å². The SMILES string of the molecule is C=C(Nc1ccc(OCc2ccc(C(F)(F)F)cc2)cc1)c1nc(/C=C(/Cl)C(C)C)[nH]c1CC. The summed E-state index contributed by atoms with van der Waals surface area (Å²) in [4.78, 5) is 7.91. The Bertz CT molecular complexity index is 1150. The maximum absolute atomic E-state index is 12.7. The van der Waals surface area contributed by atoms with E-state index in [0.29, 0.717) is 27.9 Å². The molecule has 4 nitrogen and oxygen atoms in total. The number of aryl methyl sites for hydroxylation is 1. The van der Waals surface area contributed by atoms with Gasteiger partial charge in [-0.1, -0.05) is 51.1 Å². The number of allylic oxidation sites excluding steroid dienone is 1. The highest BCUT2D eigenvalue weighted by Crippen LogP contribution is 2.29. The van der Waals surface area contributed by atoms with Gasteiger partial charge >= 0.3 is 6.18 Å². The van der Waals surface area contributed by atoms with Crippen molar-refractivity contribution in [2.24, 2.45) is 5.92 Å². The molecular formula is C26H27ClF3N3O. The van der Waals surface area contributed by atoms with E-state index in [0.717, 1.165) is 35.6 Å². The highest BCUT2D eigenvalue weighted by molar-refractivity contribution is 6.31. The highest BCUT2D eigenvalue weighted by Gasteiger charge is 2.29. The molecule has 0 amide bonds. The van der Waals surface area contributed by atoms with Gasteiger partial charge in [0.25, 0.3) is 0 Å². The number of ether oxygens (including phenoxy) is 1.